The zero-order valence-electron chi connectivity index (χ0n) is 9.67. The van der Waals surface area contributed by atoms with Crippen LogP contribution >= 0.6 is 11.8 Å². The number of ketones is 1. The minimum atomic E-state index is 0.288. The summed E-state index contributed by atoms with van der Waals surface area (Å²) in [6.07, 6.45) is 1.69. The molecule has 1 aromatic rings. The van der Waals surface area contributed by atoms with Gasteiger partial charge in [-0.2, -0.15) is 0 Å². The summed E-state index contributed by atoms with van der Waals surface area (Å²) >= 11 is 1.83. The molecular formula is C13H18OS. The third kappa shape index (κ3) is 4.52. The standard InChI is InChI=1S/C13H18OS/c1-10-6-7-13(9-11(10)2)15-8-4-5-12(3)14/h6-7,9H,4-5,8H2,1-3H3. The third-order valence-electron chi connectivity index (χ3n) is 2.42. The molecule has 0 spiro atoms. The van der Waals surface area contributed by atoms with Crippen molar-refractivity contribution in [3.8, 4) is 0 Å². The van der Waals surface area contributed by atoms with Crippen molar-refractivity contribution in [1.82, 2.24) is 0 Å². The van der Waals surface area contributed by atoms with Gasteiger partial charge in [-0.1, -0.05) is 6.07 Å². The maximum absolute atomic E-state index is 10.7. The normalized spacial score (nSPS) is 10.3. The van der Waals surface area contributed by atoms with E-state index in [1.165, 1.54) is 16.0 Å². The van der Waals surface area contributed by atoms with Gasteiger partial charge in [-0.05, 0) is 56.2 Å². The third-order valence-corrected chi connectivity index (χ3v) is 3.50. The molecule has 0 heterocycles. The SMILES string of the molecule is CC(=O)CCCSc1ccc(C)c(C)c1. The van der Waals surface area contributed by atoms with Crippen LogP contribution in [0.4, 0.5) is 0 Å². The van der Waals surface area contributed by atoms with Crippen molar-refractivity contribution < 1.29 is 4.79 Å². The van der Waals surface area contributed by atoms with Crippen molar-refractivity contribution >= 4 is 17.5 Å². The van der Waals surface area contributed by atoms with Crippen LogP contribution in [0.2, 0.25) is 0 Å². The molecule has 2 heteroatoms. The van der Waals surface area contributed by atoms with Crippen LogP contribution in [0.5, 0.6) is 0 Å². The summed E-state index contributed by atoms with van der Waals surface area (Å²) in [5.74, 6) is 1.32. The lowest BCUT2D eigenvalue weighted by atomic mass is 10.1. The van der Waals surface area contributed by atoms with Gasteiger partial charge < -0.3 is 4.79 Å². The molecule has 1 aromatic carbocycles. The molecule has 82 valence electrons. The minimum Gasteiger partial charge on any atom is -0.300 e. The Hall–Kier alpha value is -0.760. The summed E-state index contributed by atoms with van der Waals surface area (Å²) < 4.78 is 0. The zero-order valence-corrected chi connectivity index (χ0v) is 10.5. The van der Waals surface area contributed by atoms with Crippen molar-refractivity contribution in [1.29, 1.82) is 0 Å². The molecule has 1 nitrogen and oxygen atoms in total. The molecule has 0 amide bonds. The molecule has 0 aliphatic carbocycles. The highest BCUT2D eigenvalue weighted by Crippen LogP contribution is 2.21. The Morgan fingerprint density at radius 3 is 2.60 bits per heavy atom. The van der Waals surface area contributed by atoms with Gasteiger partial charge in [-0.3, -0.25) is 0 Å². The fourth-order valence-electron chi connectivity index (χ4n) is 1.31. The number of aryl methyl sites for hydroxylation is 2. The van der Waals surface area contributed by atoms with Crippen LogP contribution in [-0.2, 0) is 4.79 Å². The summed E-state index contributed by atoms with van der Waals surface area (Å²) in [6, 6.07) is 6.52. The number of thioether (sulfide) groups is 1. The highest BCUT2D eigenvalue weighted by molar-refractivity contribution is 7.99. The predicted octanol–water partition coefficient (Wildman–Crippen LogP) is 3.76. The molecule has 0 aliphatic heterocycles. The molecule has 0 saturated carbocycles. The van der Waals surface area contributed by atoms with E-state index >= 15 is 0 Å². The van der Waals surface area contributed by atoms with E-state index < -0.39 is 0 Å². The average Bonchev–Trinajstić information content (AvgIpc) is 2.18. The second kappa shape index (κ2) is 5.96. The maximum atomic E-state index is 10.7. The van der Waals surface area contributed by atoms with E-state index in [2.05, 4.69) is 32.0 Å². The van der Waals surface area contributed by atoms with Crippen molar-refractivity contribution in [2.45, 2.75) is 38.5 Å². The largest absolute Gasteiger partial charge is 0.300 e. The quantitative estimate of drug-likeness (QED) is 0.557. The van der Waals surface area contributed by atoms with Gasteiger partial charge in [0.25, 0.3) is 0 Å². The van der Waals surface area contributed by atoms with Crippen LogP contribution in [0, 0.1) is 13.8 Å². The van der Waals surface area contributed by atoms with Gasteiger partial charge in [0.05, 0.1) is 0 Å². The molecule has 0 atom stereocenters. The Morgan fingerprint density at radius 1 is 1.27 bits per heavy atom. The molecular weight excluding hydrogens is 204 g/mol. The Labute approximate surface area is 96.3 Å². The molecule has 1 rings (SSSR count). The van der Waals surface area contributed by atoms with Crippen LogP contribution in [0.1, 0.15) is 30.9 Å². The summed E-state index contributed by atoms with van der Waals surface area (Å²) in [5.41, 5.74) is 2.68. The Balaban J connectivity index is 2.38. The van der Waals surface area contributed by atoms with E-state index in [1.807, 2.05) is 11.8 Å². The first kappa shape index (κ1) is 12.3. The number of hydrogen-bond acceptors (Lipinski definition) is 2. The maximum Gasteiger partial charge on any atom is 0.129 e. The lowest BCUT2D eigenvalue weighted by molar-refractivity contribution is -0.117. The summed E-state index contributed by atoms with van der Waals surface area (Å²) in [5, 5.41) is 0. The topological polar surface area (TPSA) is 17.1 Å². The molecule has 0 fully saturated rings. The van der Waals surface area contributed by atoms with Crippen LogP contribution in [0.15, 0.2) is 23.1 Å². The highest BCUT2D eigenvalue weighted by atomic mass is 32.2. The van der Waals surface area contributed by atoms with E-state index in [9.17, 15) is 4.79 Å². The van der Waals surface area contributed by atoms with Crippen molar-refractivity contribution in [2.24, 2.45) is 0 Å². The summed E-state index contributed by atoms with van der Waals surface area (Å²) in [6.45, 7) is 5.91. The number of benzene rings is 1. The molecule has 0 aliphatic rings. The van der Waals surface area contributed by atoms with Gasteiger partial charge in [0.2, 0.25) is 0 Å². The van der Waals surface area contributed by atoms with Crippen molar-refractivity contribution in [2.75, 3.05) is 5.75 Å². The van der Waals surface area contributed by atoms with Crippen molar-refractivity contribution in [3.05, 3.63) is 29.3 Å². The number of carbonyl (C=O) groups is 1. The fourth-order valence-corrected chi connectivity index (χ4v) is 2.26. The van der Waals surface area contributed by atoms with Gasteiger partial charge >= 0.3 is 0 Å². The number of rotatable bonds is 5. The molecule has 0 unspecified atom stereocenters. The first-order chi connectivity index (χ1) is 7.09. The van der Waals surface area contributed by atoms with Crippen LogP contribution in [0.3, 0.4) is 0 Å². The first-order valence-corrected chi connectivity index (χ1v) is 6.27. The molecule has 0 aromatic heterocycles. The number of hydrogen-bond donors (Lipinski definition) is 0. The Bertz CT molecular complexity index is 344. The van der Waals surface area contributed by atoms with E-state index in [0.717, 1.165) is 12.2 Å². The number of carbonyl (C=O) groups excluding carboxylic acids is 1. The molecule has 15 heavy (non-hydrogen) atoms. The second-order valence-corrected chi connectivity index (χ2v) is 5.07. The van der Waals surface area contributed by atoms with Gasteiger partial charge in [0.15, 0.2) is 0 Å². The Morgan fingerprint density at radius 2 is 2.00 bits per heavy atom. The van der Waals surface area contributed by atoms with E-state index in [1.54, 1.807) is 6.92 Å². The van der Waals surface area contributed by atoms with Crippen LogP contribution in [0.25, 0.3) is 0 Å². The van der Waals surface area contributed by atoms with E-state index in [4.69, 9.17) is 0 Å². The van der Waals surface area contributed by atoms with Gasteiger partial charge in [0.1, 0.15) is 5.78 Å². The van der Waals surface area contributed by atoms with Crippen molar-refractivity contribution in [3.63, 3.8) is 0 Å². The molecule has 0 radical (unpaired) electrons. The first-order valence-electron chi connectivity index (χ1n) is 5.29. The molecule has 0 saturated heterocycles. The highest BCUT2D eigenvalue weighted by Gasteiger charge is 1.98. The molecule has 0 bridgehead atoms. The summed E-state index contributed by atoms with van der Waals surface area (Å²) in [4.78, 5) is 12.1. The van der Waals surface area contributed by atoms with Gasteiger partial charge in [-0.25, -0.2) is 0 Å². The smallest absolute Gasteiger partial charge is 0.129 e. The van der Waals surface area contributed by atoms with E-state index in [0.29, 0.717) is 6.42 Å². The monoisotopic (exact) mass is 222 g/mol. The lowest BCUT2D eigenvalue weighted by Crippen LogP contribution is -1.91. The fraction of sp³-hybridized carbons (Fsp3) is 0.462. The minimum absolute atomic E-state index is 0.288. The second-order valence-electron chi connectivity index (χ2n) is 3.90. The summed E-state index contributed by atoms with van der Waals surface area (Å²) in [7, 11) is 0. The average molecular weight is 222 g/mol. The van der Waals surface area contributed by atoms with Crippen LogP contribution in [-0.4, -0.2) is 11.5 Å². The number of Topliss-reactive ketones (excluding diaryl/α,β-unsaturated/α-hetero) is 1. The molecule has 0 N–H and O–H groups in total. The predicted molar refractivity (Wildman–Crippen MR) is 66.6 cm³/mol. The lowest BCUT2D eigenvalue weighted by Gasteiger charge is -2.04. The Kier molecular flexibility index (Phi) is 4.89. The zero-order chi connectivity index (χ0) is 11.3. The van der Waals surface area contributed by atoms with Gasteiger partial charge in [0, 0.05) is 11.3 Å². The van der Waals surface area contributed by atoms with E-state index in [-0.39, 0.29) is 5.78 Å². The van der Waals surface area contributed by atoms with Gasteiger partial charge in [-0.15, -0.1) is 11.8 Å². The van der Waals surface area contributed by atoms with Crippen LogP contribution < -0.4 is 0 Å².